The Morgan fingerprint density at radius 2 is 1.96 bits per heavy atom. The van der Waals surface area contributed by atoms with Gasteiger partial charge < -0.3 is 9.64 Å². The van der Waals surface area contributed by atoms with Gasteiger partial charge in [0.05, 0.1) is 12.7 Å². The maximum Gasteiger partial charge on any atom is 0.135 e. The van der Waals surface area contributed by atoms with Crippen molar-refractivity contribution in [3.05, 3.63) is 53.0 Å². The van der Waals surface area contributed by atoms with Crippen LogP contribution in [0.1, 0.15) is 35.5 Å². The van der Waals surface area contributed by atoms with Gasteiger partial charge in [-0.3, -0.25) is 0 Å². The largest absolute Gasteiger partial charge is 0.374 e. The molecule has 0 saturated carbocycles. The van der Waals surface area contributed by atoms with Gasteiger partial charge in [-0.25, -0.2) is 9.97 Å². The predicted molar refractivity (Wildman–Crippen MR) is 95.5 cm³/mol. The zero-order valence-corrected chi connectivity index (χ0v) is 14.4. The van der Waals surface area contributed by atoms with Crippen LogP contribution in [0.5, 0.6) is 0 Å². The summed E-state index contributed by atoms with van der Waals surface area (Å²) in [5, 5.41) is 0. The second-order valence-corrected chi connectivity index (χ2v) is 6.86. The zero-order chi connectivity index (χ0) is 16.4. The molecule has 0 N–H and O–H groups in total. The smallest absolute Gasteiger partial charge is 0.135 e. The summed E-state index contributed by atoms with van der Waals surface area (Å²) < 4.78 is 6.02. The van der Waals surface area contributed by atoms with Gasteiger partial charge in [-0.05, 0) is 38.2 Å². The summed E-state index contributed by atoms with van der Waals surface area (Å²) in [6, 6.07) is 10.6. The van der Waals surface area contributed by atoms with Crippen molar-refractivity contribution in [3.63, 3.8) is 0 Å². The normalized spacial score (nSPS) is 20.7. The van der Waals surface area contributed by atoms with E-state index in [9.17, 15) is 0 Å². The molecule has 24 heavy (non-hydrogen) atoms. The maximum absolute atomic E-state index is 6.02. The molecule has 1 aliphatic heterocycles. The highest BCUT2D eigenvalue weighted by molar-refractivity contribution is 5.50. The Morgan fingerprint density at radius 3 is 2.83 bits per heavy atom. The van der Waals surface area contributed by atoms with Crippen LogP contribution in [-0.4, -0.2) is 35.8 Å². The fourth-order valence-corrected chi connectivity index (χ4v) is 3.87. The van der Waals surface area contributed by atoms with Gasteiger partial charge in [-0.1, -0.05) is 30.3 Å². The van der Waals surface area contributed by atoms with Gasteiger partial charge in [0.2, 0.25) is 0 Å². The van der Waals surface area contributed by atoms with Gasteiger partial charge in [0, 0.05) is 30.8 Å². The van der Waals surface area contributed by atoms with Crippen LogP contribution in [-0.2, 0) is 24.0 Å². The molecule has 2 aromatic rings. The molecule has 4 heteroatoms. The maximum atomic E-state index is 6.02. The van der Waals surface area contributed by atoms with E-state index in [-0.39, 0.29) is 6.10 Å². The number of nitrogens with zero attached hydrogens (tertiary/aromatic N) is 3. The summed E-state index contributed by atoms with van der Waals surface area (Å²) >= 11 is 0. The topological polar surface area (TPSA) is 38.2 Å². The van der Waals surface area contributed by atoms with Crippen molar-refractivity contribution < 1.29 is 4.74 Å². The highest BCUT2D eigenvalue weighted by Crippen LogP contribution is 2.29. The Hall–Kier alpha value is -1.94. The van der Waals surface area contributed by atoms with Gasteiger partial charge >= 0.3 is 0 Å². The number of aromatic nitrogens is 2. The van der Waals surface area contributed by atoms with Crippen molar-refractivity contribution in [2.75, 3.05) is 24.6 Å². The van der Waals surface area contributed by atoms with Gasteiger partial charge in [-0.15, -0.1) is 0 Å². The molecule has 0 amide bonds. The monoisotopic (exact) mass is 323 g/mol. The third-order valence-corrected chi connectivity index (χ3v) is 5.02. The van der Waals surface area contributed by atoms with Crippen LogP contribution in [0, 0.1) is 6.92 Å². The number of ether oxygens (including phenoxy) is 1. The first-order valence-corrected chi connectivity index (χ1v) is 9.06. The van der Waals surface area contributed by atoms with E-state index in [0.717, 1.165) is 44.8 Å². The molecule has 2 heterocycles. The summed E-state index contributed by atoms with van der Waals surface area (Å²) in [4.78, 5) is 11.9. The lowest BCUT2D eigenvalue weighted by Crippen LogP contribution is -2.44. The fraction of sp³-hybridized carbons (Fsp3) is 0.500. The molecule has 126 valence electrons. The number of hydrogen-bond donors (Lipinski definition) is 0. The van der Waals surface area contributed by atoms with E-state index in [1.165, 1.54) is 35.5 Å². The first-order chi connectivity index (χ1) is 11.8. The molecule has 0 spiro atoms. The van der Waals surface area contributed by atoms with Gasteiger partial charge in [-0.2, -0.15) is 0 Å². The van der Waals surface area contributed by atoms with Crippen molar-refractivity contribution in [2.24, 2.45) is 0 Å². The predicted octanol–water partition coefficient (Wildman–Crippen LogP) is 3.11. The van der Waals surface area contributed by atoms with Gasteiger partial charge in [0.1, 0.15) is 11.6 Å². The molecule has 2 aliphatic rings. The van der Waals surface area contributed by atoms with Crippen LogP contribution in [0.15, 0.2) is 30.3 Å². The summed E-state index contributed by atoms with van der Waals surface area (Å²) in [7, 11) is 0. The molecule has 0 radical (unpaired) electrons. The lowest BCUT2D eigenvalue weighted by molar-refractivity contribution is 0.0407. The van der Waals surface area contributed by atoms with E-state index in [0.29, 0.717) is 0 Å². The van der Waals surface area contributed by atoms with Gasteiger partial charge in [0.15, 0.2) is 0 Å². The first-order valence-electron chi connectivity index (χ1n) is 9.06. The fourth-order valence-electron chi connectivity index (χ4n) is 3.87. The number of fused-ring (bicyclic) bond motifs is 1. The Kier molecular flexibility index (Phi) is 4.48. The van der Waals surface area contributed by atoms with Crippen molar-refractivity contribution in [1.29, 1.82) is 0 Å². The minimum atomic E-state index is 0.232. The van der Waals surface area contributed by atoms with Crippen LogP contribution < -0.4 is 4.90 Å². The third kappa shape index (κ3) is 3.29. The van der Waals surface area contributed by atoms with E-state index < -0.39 is 0 Å². The van der Waals surface area contributed by atoms with Crippen molar-refractivity contribution >= 4 is 5.82 Å². The number of morpholine rings is 1. The second-order valence-electron chi connectivity index (χ2n) is 6.86. The highest BCUT2D eigenvalue weighted by atomic mass is 16.5. The van der Waals surface area contributed by atoms with E-state index in [2.05, 4.69) is 40.2 Å². The average Bonchev–Trinajstić information content (AvgIpc) is 2.62. The molecular weight excluding hydrogens is 298 g/mol. The molecule has 1 atom stereocenters. The molecule has 1 saturated heterocycles. The van der Waals surface area contributed by atoms with Crippen molar-refractivity contribution in [1.82, 2.24) is 9.97 Å². The van der Waals surface area contributed by atoms with Crippen LogP contribution in [0.3, 0.4) is 0 Å². The van der Waals surface area contributed by atoms with Crippen LogP contribution in [0.25, 0.3) is 0 Å². The van der Waals surface area contributed by atoms with Crippen molar-refractivity contribution in [2.45, 2.75) is 45.1 Å². The Labute approximate surface area is 143 Å². The average molecular weight is 323 g/mol. The molecule has 4 nitrogen and oxygen atoms in total. The van der Waals surface area contributed by atoms with Crippen LogP contribution in [0.4, 0.5) is 5.82 Å². The number of rotatable bonds is 3. The lowest BCUT2D eigenvalue weighted by Gasteiger charge is -2.36. The zero-order valence-electron chi connectivity index (χ0n) is 14.4. The molecule has 1 unspecified atom stereocenters. The first kappa shape index (κ1) is 15.6. The lowest BCUT2D eigenvalue weighted by atomic mass is 9.95. The molecule has 4 rings (SSSR count). The molecule has 1 fully saturated rings. The van der Waals surface area contributed by atoms with Crippen molar-refractivity contribution in [3.8, 4) is 0 Å². The summed E-state index contributed by atoms with van der Waals surface area (Å²) in [5.74, 6) is 2.07. The molecular formula is C20H25N3O. The summed E-state index contributed by atoms with van der Waals surface area (Å²) in [6.45, 7) is 4.63. The molecule has 1 aliphatic carbocycles. The van der Waals surface area contributed by atoms with E-state index in [1.54, 1.807) is 0 Å². The standard InChI is InChI=1S/C20H25N3O/c1-15-21-19-10-6-5-9-18(19)20(22-15)23-11-12-24-17(14-23)13-16-7-3-2-4-8-16/h2-4,7-8,17H,5-6,9-14H2,1H3. The Morgan fingerprint density at radius 1 is 1.12 bits per heavy atom. The molecule has 1 aromatic carbocycles. The summed E-state index contributed by atoms with van der Waals surface area (Å²) in [6.07, 6.45) is 5.92. The number of anilines is 1. The van der Waals surface area contributed by atoms with E-state index in [1.807, 2.05) is 6.92 Å². The number of aryl methyl sites for hydroxylation is 2. The highest BCUT2D eigenvalue weighted by Gasteiger charge is 2.26. The molecule has 0 bridgehead atoms. The Balaban J connectivity index is 1.55. The van der Waals surface area contributed by atoms with Gasteiger partial charge in [0.25, 0.3) is 0 Å². The minimum Gasteiger partial charge on any atom is -0.374 e. The number of benzene rings is 1. The van der Waals surface area contributed by atoms with E-state index >= 15 is 0 Å². The van der Waals surface area contributed by atoms with E-state index in [4.69, 9.17) is 9.72 Å². The quantitative estimate of drug-likeness (QED) is 0.870. The molecule has 1 aromatic heterocycles. The SMILES string of the molecule is Cc1nc2c(c(N3CCOC(Cc4ccccc4)C3)n1)CCCC2. The summed E-state index contributed by atoms with van der Waals surface area (Å²) in [5.41, 5.74) is 3.99. The minimum absolute atomic E-state index is 0.232. The second kappa shape index (κ2) is 6.89. The Bertz CT molecular complexity index is 702. The van der Waals surface area contributed by atoms with Crippen LogP contribution in [0.2, 0.25) is 0 Å². The number of hydrogen-bond acceptors (Lipinski definition) is 4. The third-order valence-electron chi connectivity index (χ3n) is 5.02. The van der Waals surface area contributed by atoms with Crippen LogP contribution >= 0.6 is 0 Å².